The molecule has 0 aliphatic carbocycles. The number of aliphatic imine (C=N–C) groups is 1. The third-order valence-corrected chi connectivity index (χ3v) is 4.96. The maximum Gasteiger partial charge on any atom is 0.308 e. The normalized spacial score (nSPS) is 11.8. The van der Waals surface area contributed by atoms with Crippen molar-refractivity contribution in [3.05, 3.63) is 107 Å². The van der Waals surface area contributed by atoms with Gasteiger partial charge in [0.2, 0.25) is 11.7 Å². The summed E-state index contributed by atoms with van der Waals surface area (Å²) in [4.78, 5) is 15.7. The molecule has 3 aromatic carbocycles. The Balaban J connectivity index is 1.82. The first-order valence-electron chi connectivity index (χ1n) is 10.5. The molecular weight excluding hydrogens is 481 g/mol. The van der Waals surface area contributed by atoms with E-state index in [0.717, 1.165) is 24.3 Å². The molecule has 1 heterocycles. The van der Waals surface area contributed by atoms with Gasteiger partial charge in [0.05, 0.1) is 11.8 Å². The van der Waals surface area contributed by atoms with Crippen LogP contribution in [-0.2, 0) is 9.53 Å². The first kappa shape index (κ1) is 24.6. The molecule has 1 aromatic heterocycles. The Labute approximate surface area is 202 Å². The topological polar surface area (TPSA) is 51.8 Å². The Bertz CT molecular complexity index is 1450. The van der Waals surface area contributed by atoms with E-state index in [2.05, 4.69) is 4.99 Å². The number of hydrogen-bond donors (Lipinski definition) is 0. The minimum Gasteiger partial charge on any atom is -0.438 e. The van der Waals surface area contributed by atoms with Crippen LogP contribution in [0.2, 0.25) is 0 Å². The van der Waals surface area contributed by atoms with Gasteiger partial charge in [-0.15, -0.1) is 0 Å². The molecule has 0 amide bonds. The van der Waals surface area contributed by atoms with Crippen LogP contribution in [0.1, 0.15) is 12.5 Å². The number of ether oxygens (including phenoxy) is 1. The van der Waals surface area contributed by atoms with Crippen LogP contribution in [0, 0.1) is 29.1 Å². The zero-order chi connectivity index (χ0) is 25.8. The van der Waals surface area contributed by atoms with E-state index in [1.165, 1.54) is 0 Å². The lowest BCUT2D eigenvalue weighted by molar-refractivity contribution is -0.136. The number of halogens is 5. The number of hydrogen-bond acceptors (Lipinski definition) is 4. The molecule has 0 unspecified atom stereocenters. The Morgan fingerprint density at radius 1 is 0.806 bits per heavy atom. The van der Waals surface area contributed by atoms with Crippen LogP contribution in [0.25, 0.3) is 28.5 Å². The van der Waals surface area contributed by atoms with Gasteiger partial charge in [-0.1, -0.05) is 60.7 Å². The quantitative estimate of drug-likeness (QED) is 0.0688. The minimum atomic E-state index is -2.30. The number of nitrogens with zero attached hydrogens (tertiary/aromatic N) is 1. The highest BCUT2D eigenvalue weighted by molar-refractivity contribution is 5.90. The van der Waals surface area contributed by atoms with Gasteiger partial charge in [-0.25, -0.2) is 26.9 Å². The lowest BCUT2D eigenvalue weighted by Crippen LogP contribution is -2.06. The highest BCUT2D eigenvalue weighted by Gasteiger charge is 2.25. The van der Waals surface area contributed by atoms with Crippen LogP contribution in [0.4, 0.5) is 27.8 Å². The predicted molar refractivity (Wildman–Crippen MR) is 124 cm³/mol. The maximum absolute atomic E-state index is 14.2. The molecule has 36 heavy (non-hydrogen) atoms. The second-order valence-corrected chi connectivity index (χ2v) is 7.44. The molecule has 0 bridgehead atoms. The largest absolute Gasteiger partial charge is 0.438 e. The highest BCUT2D eigenvalue weighted by Crippen LogP contribution is 2.38. The SMILES string of the molecule is CC(=O)OC(=C\c1c(F)c(F)c(F)c(F)c1F)/C=N/c1oc(-c2ccccc2)cc1-c1ccccc1. The molecule has 0 saturated carbocycles. The van der Waals surface area contributed by atoms with Gasteiger partial charge in [0, 0.05) is 18.1 Å². The van der Waals surface area contributed by atoms with E-state index >= 15 is 0 Å². The van der Waals surface area contributed by atoms with Gasteiger partial charge in [0.1, 0.15) is 11.5 Å². The summed E-state index contributed by atoms with van der Waals surface area (Å²) in [5.41, 5.74) is 0.729. The summed E-state index contributed by atoms with van der Waals surface area (Å²) in [6.45, 7) is 0.996. The van der Waals surface area contributed by atoms with E-state index in [9.17, 15) is 26.7 Å². The number of benzene rings is 3. The van der Waals surface area contributed by atoms with Crippen molar-refractivity contribution in [1.82, 2.24) is 0 Å². The summed E-state index contributed by atoms with van der Waals surface area (Å²) < 4.78 is 79.8. The summed E-state index contributed by atoms with van der Waals surface area (Å²) in [6, 6.07) is 19.8. The van der Waals surface area contributed by atoms with Crippen LogP contribution < -0.4 is 0 Å². The Morgan fingerprint density at radius 3 is 1.89 bits per heavy atom. The third kappa shape index (κ3) is 5.10. The summed E-state index contributed by atoms with van der Waals surface area (Å²) in [6.07, 6.45) is 1.38. The number of esters is 1. The lowest BCUT2D eigenvalue weighted by atomic mass is 10.1. The fraction of sp³-hybridized carbons (Fsp3) is 0.0370. The van der Waals surface area contributed by atoms with Crippen molar-refractivity contribution in [2.75, 3.05) is 0 Å². The number of furan rings is 1. The molecule has 4 rings (SSSR count). The molecule has 0 aliphatic heterocycles. The standard InChI is InChI=1S/C27H16F5NO3/c1-15(34)35-18(12-20-22(28)24(30)26(32)25(31)23(20)29)14-33-27-19(16-8-4-2-5-9-16)13-21(36-27)17-10-6-3-7-11-17/h2-14H,1H3/b18-12-,33-14+. The Hall–Kier alpha value is -4.53. The van der Waals surface area contributed by atoms with Crippen LogP contribution in [0.5, 0.6) is 0 Å². The zero-order valence-corrected chi connectivity index (χ0v) is 18.6. The first-order chi connectivity index (χ1) is 17.3. The van der Waals surface area contributed by atoms with E-state index in [-0.39, 0.29) is 5.88 Å². The number of carbonyl (C=O) groups excluding carboxylic acids is 1. The molecule has 0 saturated heterocycles. The van der Waals surface area contributed by atoms with E-state index in [0.29, 0.717) is 17.4 Å². The van der Waals surface area contributed by atoms with Gasteiger partial charge in [0.25, 0.3) is 0 Å². The van der Waals surface area contributed by atoms with Gasteiger partial charge >= 0.3 is 5.97 Å². The Morgan fingerprint density at radius 2 is 1.33 bits per heavy atom. The summed E-state index contributed by atoms with van der Waals surface area (Å²) in [5, 5.41) is 0. The minimum absolute atomic E-state index is 0.0514. The molecule has 0 spiro atoms. The highest BCUT2D eigenvalue weighted by atomic mass is 19.2. The molecule has 9 heteroatoms. The molecule has 0 atom stereocenters. The second kappa shape index (κ2) is 10.4. The average Bonchev–Trinajstić information content (AvgIpc) is 3.32. The molecule has 182 valence electrons. The molecule has 0 N–H and O–H groups in total. The monoisotopic (exact) mass is 497 g/mol. The van der Waals surface area contributed by atoms with Crippen molar-refractivity contribution in [1.29, 1.82) is 0 Å². The summed E-state index contributed by atoms with van der Waals surface area (Å²) in [7, 11) is 0. The predicted octanol–water partition coefficient (Wildman–Crippen LogP) is 7.62. The van der Waals surface area contributed by atoms with Crippen molar-refractivity contribution in [2.24, 2.45) is 4.99 Å². The summed E-state index contributed by atoms with van der Waals surface area (Å²) >= 11 is 0. The van der Waals surface area contributed by atoms with Crippen molar-refractivity contribution in [3.63, 3.8) is 0 Å². The van der Waals surface area contributed by atoms with E-state index < -0.39 is 46.4 Å². The number of rotatable bonds is 6. The summed E-state index contributed by atoms with van der Waals surface area (Å²) in [5.74, 6) is -11.7. The van der Waals surface area contributed by atoms with Gasteiger partial charge in [-0.05, 0) is 17.7 Å². The van der Waals surface area contributed by atoms with Gasteiger partial charge in [-0.3, -0.25) is 4.79 Å². The Kier molecular flexibility index (Phi) is 7.10. The molecule has 0 radical (unpaired) electrons. The number of allylic oxidation sites excluding steroid dienone is 1. The maximum atomic E-state index is 14.2. The van der Waals surface area contributed by atoms with Crippen molar-refractivity contribution < 1.29 is 35.9 Å². The van der Waals surface area contributed by atoms with Gasteiger partial charge in [0.15, 0.2) is 23.3 Å². The third-order valence-electron chi connectivity index (χ3n) is 4.96. The molecule has 4 nitrogen and oxygen atoms in total. The second-order valence-electron chi connectivity index (χ2n) is 7.44. The molecular formula is C27H16F5NO3. The average molecular weight is 497 g/mol. The molecule has 0 aliphatic rings. The van der Waals surface area contributed by atoms with Crippen molar-refractivity contribution in [3.8, 4) is 22.5 Å². The molecule has 0 fully saturated rings. The van der Waals surface area contributed by atoms with Crippen LogP contribution in [0.3, 0.4) is 0 Å². The van der Waals surface area contributed by atoms with Crippen molar-refractivity contribution in [2.45, 2.75) is 6.92 Å². The smallest absolute Gasteiger partial charge is 0.308 e. The van der Waals surface area contributed by atoms with Gasteiger partial charge in [-0.2, -0.15) is 0 Å². The first-order valence-corrected chi connectivity index (χ1v) is 10.5. The van der Waals surface area contributed by atoms with Crippen LogP contribution in [0.15, 0.2) is 81.9 Å². The zero-order valence-electron chi connectivity index (χ0n) is 18.6. The molecule has 4 aromatic rings. The van der Waals surface area contributed by atoms with Crippen LogP contribution >= 0.6 is 0 Å². The van der Waals surface area contributed by atoms with E-state index in [4.69, 9.17) is 9.15 Å². The fourth-order valence-electron chi connectivity index (χ4n) is 3.32. The van der Waals surface area contributed by atoms with E-state index in [1.54, 1.807) is 30.3 Å². The van der Waals surface area contributed by atoms with Crippen molar-refractivity contribution >= 4 is 24.1 Å². The number of carbonyl (C=O) groups is 1. The lowest BCUT2D eigenvalue weighted by Gasteiger charge is -2.06. The van der Waals surface area contributed by atoms with Crippen LogP contribution in [-0.4, -0.2) is 12.2 Å². The van der Waals surface area contributed by atoms with Gasteiger partial charge < -0.3 is 9.15 Å². The fourth-order valence-corrected chi connectivity index (χ4v) is 3.32. The van der Waals surface area contributed by atoms with E-state index in [1.807, 2.05) is 36.4 Å².